The van der Waals surface area contributed by atoms with Crippen LogP contribution in [0.5, 0.6) is 0 Å². The average molecular weight is 497 g/mol. The monoisotopic (exact) mass is 496 g/mol. The Kier molecular flexibility index (Phi) is 5.43. The summed E-state index contributed by atoms with van der Waals surface area (Å²) in [6.45, 7) is 0. The molecule has 39 heavy (non-hydrogen) atoms. The van der Waals surface area contributed by atoms with Gasteiger partial charge >= 0.3 is 0 Å². The highest BCUT2D eigenvalue weighted by Gasteiger charge is 2.46. The van der Waals surface area contributed by atoms with Gasteiger partial charge in [0, 0.05) is 11.8 Å². The molecule has 2 nitrogen and oxygen atoms in total. The Morgan fingerprint density at radius 3 is 1.64 bits per heavy atom. The topological polar surface area (TPSA) is 36.7 Å². The van der Waals surface area contributed by atoms with E-state index in [1.165, 1.54) is 44.5 Å². The van der Waals surface area contributed by atoms with Gasteiger partial charge in [-0.05, 0) is 68.8 Å². The van der Waals surface area contributed by atoms with E-state index in [2.05, 4.69) is 138 Å². The molecular formula is C37H24N2. The van der Waals surface area contributed by atoms with Crippen LogP contribution in [-0.4, -0.2) is 4.98 Å². The van der Waals surface area contributed by atoms with Crippen molar-refractivity contribution in [1.82, 2.24) is 4.98 Å². The lowest BCUT2D eigenvalue weighted by molar-refractivity contribution is 0.768. The van der Waals surface area contributed by atoms with Crippen LogP contribution in [0.15, 0.2) is 146 Å². The van der Waals surface area contributed by atoms with Crippen molar-refractivity contribution in [2.75, 3.05) is 0 Å². The summed E-state index contributed by atoms with van der Waals surface area (Å²) >= 11 is 0. The van der Waals surface area contributed by atoms with Gasteiger partial charge in [0.05, 0.1) is 22.7 Å². The van der Waals surface area contributed by atoms with E-state index < -0.39 is 5.41 Å². The summed E-state index contributed by atoms with van der Waals surface area (Å²) in [4.78, 5) is 4.61. The summed E-state index contributed by atoms with van der Waals surface area (Å²) in [6.07, 6.45) is 1.71. The van der Waals surface area contributed by atoms with Gasteiger partial charge in [-0.2, -0.15) is 5.26 Å². The second-order valence-corrected chi connectivity index (χ2v) is 9.91. The number of rotatable bonds is 4. The van der Waals surface area contributed by atoms with Crippen molar-refractivity contribution in [2.45, 2.75) is 5.41 Å². The van der Waals surface area contributed by atoms with Crippen LogP contribution in [0.25, 0.3) is 33.5 Å². The van der Waals surface area contributed by atoms with Crippen molar-refractivity contribution in [1.29, 1.82) is 5.26 Å². The number of nitriles is 1. The predicted molar refractivity (Wildman–Crippen MR) is 157 cm³/mol. The molecule has 0 saturated heterocycles. The zero-order chi connectivity index (χ0) is 26.2. The molecule has 0 amide bonds. The minimum Gasteiger partial charge on any atom is -0.256 e. The average Bonchev–Trinajstić information content (AvgIpc) is 3.32. The Bertz CT molecular complexity index is 1810. The van der Waals surface area contributed by atoms with E-state index in [1.807, 2.05) is 6.07 Å². The predicted octanol–water partition coefficient (Wildman–Crippen LogP) is 8.65. The molecule has 7 rings (SSSR count). The fourth-order valence-electron chi connectivity index (χ4n) is 6.13. The first-order chi connectivity index (χ1) is 19.3. The molecule has 0 bridgehead atoms. The molecule has 0 aliphatic heterocycles. The molecule has 1 heterocycles. The second-order valence-electron chi connectivity index (χ2n) is 9.91. The van der Waals surface area contributed by atoms with Gasteiger partial charge in [0.25, 0.3) is 0 Å². The van der Waals surface area contributed by atoms with Gasteiger partial charge in [0.1, 0.15) is 0 Å². The van der Waals surface area contributed by atoms with E-state index in [4.69, 9.17) is 0 Å². The number of pyridine rings is 1. The maximum atomic E-state index is 9.48. The van der Waals surface area contributed by atoms with Gasteiger partial charge in [0.2, 0.25) is 0 Å². The summed E-state index contributed by atoms with van der Waals surface area (Å²) in [6, 6.07) is 51.6. The van der Waals surface area contributed by atoms with Crippen molar-refractivity contribution in [3.63, 3.8) is 0 Å². The zero-order valence-corrected chi connectivity index (χ0v) is 21.3. The smallest absolute Gasteiger partial charge is 0.0992 e. The summed E-state index contributed by atoms with van der Waals surface area (Å²) in [5.41, 5.74) is 11.7. The molecule has 182 valence electrons. The minimum atomic E-state index is -0.455. The molecule has 6 aromatic rings. The van der Waals surface area contributed by atoms with Crippen molar-refractivity contribution >= 4 is 0 Å². The number of hydrogen-bond donors (Lipinski definition) is 0. The largest absolute Gasteiger partial charge is 0.256 e. The Morgan fingerprint density at radius 2 is 1.05 bits per heavy atom. The molecule has 5 aromatic carbocycles. The fourth-order valence-corrected chi connectivity index (χ4v) is 6.13. The van der Waals surface area contributed by atoms with Gasteiger partial charge in [-0.25, -0.2) is 0 Å². The first kappa shape index (κ1) is 22.9. The summed E-state index contributed by atoms with van der Waals surface area (Å²) in [5.74, 6) is 0. The van der Waals surface area contributed by atoms with E-state index in [9.17, 15) is 5.26 Å². The highest BCUT2D eigenvalue weighted by molar-refractivity contribution is 5.90. The van der Waals surface area contributed by atoms with Crippen LogP contribution in [0.1, 0.15) is 27.8 Å². The molecule has 1 aliphatic rings. The van der Waals surface area contributed by atoms with E-state index in [0.29, 0.717) is 5.56 Å². The second kappa shape index (κ2) is 9.24. The van der Waals surface area contributed by atoms with Crippen LogP contribution in [0.3, 0.4) is 0 Å². The highest BCUT2D eigenvalue weighted by Crippen LogP contribution is 2.57. The van der Waals surface area contributed by atoms with Crippen molar-refractivity contribution in [3.8, 4) is 39.6 Å². The molecule has 1 aliphatic carbocycles. The van der Waals surface area contributed by atoms with E-state index in [-0.39, 0.29) is 0 Å². The molecule has 0 unspecified atom stereocenters. The van der Waals surface area contributed by atoms with E-state index in [0.717, 1.165) is 11.3 Å². The van der Waals surface area contributed by atoms with Gasteiger partial charge in [-0.3, -0.25) is 4.98 Å². The van der Waals surface area contributed by atoms with E-state index in [1.54, 1.807) is 12.3 Å². The van der Waals surface area contributed by atoms with Crippen LogP contribution in [-0.2, 0) is 5.41 Å². The van der Waals surface area contributed by atoms with Gasteiger partial charge in [0.15, 0.2) is 0 Å². The SMILES string of the molecule is N#Cc1ccnc(-c2ccc3c(c2)-c2cc(-c4ccccc4)ccc2C3(c2ccccc2)c2ccccc2)c1. The van der Waals surface area contributed by atoms with Crippen molar-refractivity contribution in [3.05, 3.63) is 174 Å². The standard InChI is InChI=1S/C37H24N2/c38-25-26-20-21-39-36(22-26)29-17-19-35-33(24-29)32-23-28(27-10-4-1-5-11-27)16-18-34(32)37(35,30-12-6-2-7-13-30)31-14-8-3-9-15-31/h1-24H. The number of aromatic nitrogens is 1. The molecule has 0 radical (unpaired) electrons. The summed E-state index contributed by atoms with van der Waals surface area (Å²) in [5, 5.41) is 9.48. The Morgan fingerprint density at radius 1 is 0.513 bits per heavy atom. The number of fused-ring (bicyclic) bond motifs is 3. The third-order valence-corrected chi connectivity index (χ3v) is 7.84. The highest BCUT2D eigenvalue weighted by atomic mass is 14.7. The molecule has 0 atom stereocenters. The van der Waals surface area contributed by atoms with Crippen LogP contribution >= 0.6 is 0 Å². The van der Waals surface area contributed by atoms with Crippen LogP contribution in [0, 0.1) is 11.3 Å². The number of nitrogens with zero attached hydrogens (tertiary/aromatic N) is 2. The zero-order valence-electron chi connectivity index (χ0n) is 21.3. The maximum absolute atomic E-state index is 9.48. The minimum absolute atomic E-state index is 0.455. The van der Waals surface area contributed by atoms with Gasteiger partial charge in [-0.1, -0.05) is 115 Å². The molecule has 0 N–H and O–H groups in total. The third kappa shape index (κ3) is 3.60. The van der Waals surface area contributed by atoms with E-state index >= 15 is 0 Å². The summed E-state index contributed by atoms with van der Waals surface area (Å²) < 4.78 is 0. The number of hydrogen-bond acceptors (Lipinski definition) is 2. The van der Waals surface area contributed by atoms with Crippen molar-refractivity contribution < 1.29 is 0 Å². The Balaban J connectivity index is 1.56. The molecule has 0 spiro atoms. The quantitative estimate of drug-likeness (QED) is 0.244. The normalized spacial score (nSPS) is 12.8. The van der Waals surface area contributed by atoms with Crippen molar-refractivity contribution in [2.24, 2.45) is 0 Å². The van der Waals surface area contributed by atoms with Crippen LogP contribution in [0.2, 0.25) is 0 Å². The van der Waals surface area contributed by atoms with Crippen LogP contribution < -0.4 is 0 Å². The molecule has 2 heteroatoms. The Labute approximate surface area is 228 Å². The lowest BCUT2D eigenvalue weighted by Gasteiger charge is -2.34. The third-order valence-electron chi connectivity index (χ3n) is 7.84. The molecular weight excluding hydrogens is 472 g/mol. The number of benzene rings is 5. The van der Waals surface area contributed by atoms with Crippen LogP contribution in [0.4, 0.5) is 0 Å². The first-order valence-electron chi connectivity index (χ1n) is 13.1. The lowest BCUT2D eigenvalue weighted by atomic mass is 9.67. The fraction of sp³-hybridized carbons (Fsp3) is 0.0270. The first-order valence-corrected chi connectivity index (χ1v) is 13.1. The lowest BCUT2D eigenvalue weighted by Crippen LogP contribution is -2.28. The molecule has 0 fully saturated rings. The Hall–Kier alpha value is -5.26. The molecule has 1 aromatic heterocycles. The molecule has 0 saturated carbocycles. The van der Waals surface area contributed by atoms with Gasteiger partial charge in [-0.15, -0.1) is 0 Å². The van der Waals surface area contributed by atoms with Gasteiger partial charge < -0.3 is 0 Å². The summed E-state index contributed by atoms with van der Waals surface area (Å²) in [7, 11) is 0. The maximum Gasteiger partial charge on any atom is 0.0992 e.